The number of rotatable bonds is 3. The SMILES string of the molecule is Cc1cnc(C(=O)CC2CCOc3ccccc32)cn1. The van der Waals surface area contributed by atoms with Gasteiger partial charge in [0.2, 0.25) is 0 Å². The largest absolute Gasteiger partial charge is 0.493 e. The number of aromatic nitrogens is 2. The van der Waals surface area contributed by atoms with Crippen molar-refractivity contribution in [2.75, 3.05) is 6.61 Å². The second-order valence-electron chi connectivity index (χ2n) is 5.04. The molecule has 2 aromatic rings. The summed E-state index contributed by atoms with van der Waals surface area (Å²) in [6.45, 7) is 2.52. The van der Waals surface area contributed by atoms with E-state index in [2.05, 4.69) is 9.97 Å². The Bertz CT molecular complexity index is 623. The van der Waals surface area contributed by atoms with Crippen molar-refractivity contribution in [2.45, 2.75) is 25.7 Å². The zero-order valence-corrected chi connectivity index (χ0v) is 11.4. The van der Waals surface area contributed by atoms with Gasteiger partial charge in [-0.25, -0.2) is 4.98 Å². The fourth-order valence-corrected chi connectivity index (χ4v) is 2.49. The lowest BCUT2D eigenvalue weighted by atomic mass is 9.88. The Morgan fingerprint density at radius 3 is 2.95 bits per heavy atom. The Hall–Kier alpha value is -2.23. The third kappa shape index (κ3) is 2.54. The molecule has 4 heteroatoms. The number of para-hydroxylation sites is 1. The number of benzene rings is 1. The highest BCUT2D eigenvalue weighted by Crippen LogP contribution is 2.35. The Morgan fingerprint density at radius 2 is 2.15 bits per heavy atom. The first-order valence-electron chi connectivity index (χ1n) is 6.77. The first-order valence-corrected chi connectivity index (χ1v) is 6.77. The number of ether oxygens (including phenoxy) is 1. The molecule has 4 nitrogen and oxygen atoms in total. The third-order valence-electron chi connectivity index (χ3n) is 3.58. The van der Waals surface area contributed by atoms with Crippen molar-refractivity contribution >= 4 is 5.78 Å². The average Bonchev–Trinajstić information content (AvgIpc) is 2.48. The van der Waals surface area contributed by atoms with Crippen LogP contribution in [0.3, 0.4) is 0 Å². The van der Waals surface area contributed by atoms with Gasteiger partial charge in [0, 0.05) is 12.6 Å². The highest BCUT2D eigenvalue weighted by Gasteiger charge is 2.24. The van der Waals surface area contributed by atoms with E-state index in [0.717, 1.165) is 23.4 Å². The number of aryl methyl sites for hydroxylation is 1. The predicted octanol–water partition coefficient (Wildman–Crippen LogP) is 2.92. The molecule has 0 bridgehead atoms. The standard InChI is InChI=1S/C16H16N2O2/c1-11-9-18-14(10-17-11)15(19)8-12-6-7-20-16-5-3-2-4-13(12)16/h2-5,9-10,12H,6-8H2,1H3. The smallest absolute Gasteiger partial charge is 0.183 e. The molecule has 0 radical (unpaired) electrons. The Kier molecular flexibility index (Phi) is 3.46. The molecule has 2 heterocycles. The van der Waals surface area contributed by atoms with Crippen LogP contribution in [0.1, 0.15) is 40.5 Å². The lowest BCUT2D eigenvalue weighted by Gasteiger charge is -2.25. The molecule has 0 aliphatic carbocycles. The highest BCUT2D eigenvalue weighted by molar-refractivity contribution is 5.94. The van der Waals surface area contributed by atoms with Gasteiger partial charge in [0.25, 0.3) is 0 Å². The Labute approximate surface area is 117 Å². The molecule has 20 heavy (non-hydrogen) atoms. The van der Waals surface area contributed by atoms with Crippen molar-refractivity contribution in [1.29, 1.82) is 0 Å². The van der Waals surface area contributed by atoms with Crippen LogP contribution in [-0.2, 0) is 0 Å². The number of ketones is 1. The van der Waals surface area contributed by atoms with Crippen LogP contribution in [0.5, 0.6) is 5.75 Å². The molecule has 102 valence electrons. The van der Waals surface area contributed by atoms with E-state index in [1.807, 2.05) is 31.2 Å². The predicted molar refractivity (Wildman–Crippen MR) is 75.0 cm³/mol. The van der Waals surface area contributed by atoms with Gasteiger partial charge in [-0.1, -0.05) is 18.2 Å². The molecule has 1 atom stereocenters. The van der Waals surface area contributed by atoms with Crippen LogP contribution in [0, 0.1) is 6.92 Å². The molecular formula is C16H16N2O2. The van der Waals surface area contributed by atoms with Crippen LogP contribution in [0.2, 0.25) is 0 Å². The molecule has 1 aliphatic rings. The zero-order chi connectivity index (χ0) is 13.9. The number of Topliss-reactive ketones (excluding diaryl/α,β-unsaturated/α-hetero) is 1. The van der Waals surface area contributed by atoms with E-state index in [0.29, 0.717) is 18.7 Å². The molecule has 0 saturated carbocycles. The van der Waals surface area contributed by atoms with Crippen molar-refractivity contribution in [2.24, 2.45) is 0 Å². The lowest BCUT2D eigenvalue weighted by molar-refractivity contribution is 0.0960. The molecule has 3 rings (SSSR count). The monoisotopic (exact) mass is 268 g/mol. The normalized spacial score (nSPS) is 17.1. The van der Waals surface area contributed by atoms with Gasteiger partial charge in [0.05, 0.1) is 18.5 Å². The van der Waals surface area contributed by atoms with Gasteiger partial charge in [0.1, 0.15) is 11.4 Å². The van der Waals surface area contributed by atoms with Crippen molar-refractivity contribution < 1.29 is 9.53 Å². The third-order valence-corrected chi connectivity index (χ3v) is 3.58. The molecule has 0 amide bonds. The maximum absolute atomic E-state index is 12.3. The van der Waals surface area contributed by atoms with Crippen molar-refractivity contribution in [1.82, 2.24) is 9.97 Å². The maximum Gasteiger partial charge on any atom is 0.183 e. The summed E-state index contributed by atoms with van der Waals surface area (Å²) in [6, 6.07) is 7.93. The first kappa shape index (κ1) is 12.8. The summed E-state index contributed by atoms with van der Waals surface area (Å²) in [6.07, 6.45) is 4.51. The summed E-state index contributed by atoms with van der Waals surface area (Å²) in [5.74, 6) is 1.14. The van der Waals surface area contributed by atoms with Crippen molar-refractivity contribution in [3.8, 4) is 5.75 Å². The van der Waals surface area contributed by atoms with E-state index in [-0.39, 0.29) is 11.7 Å². The van der Waals surface area contributed by atoms with Gasteiger partial charge in [-0.15, -0.1) is 0 Å². The van der Waals surface area contributed by atoms with E-state index in [1.54, 1.807) is 12.4 Å². The molecule has 1 unspecified atom stereocenters. The van der Waals surface area contributed by atoms with E-state index >= 15 is 0 Å². The van der Waals surface area contributed by atoms with E-state index in [4.69, 9.17) is 4.74 Å². The molecule has 0 saturated heterocycles. The Balaban J connectivity index is 1.79. The fourth-order valence-electron chi connectivity index (χ4n) is 2.49. The van der Waals surface area contributed by atoms with Crippen LogP contribution in [-0.4, -0.2) is 22.4 Å². The maximum atomic E-state index is 12.3. The van der Waals surface area contributed by atoms with Gasteiger partial charge in [-0.2, -0.15) is 0 Å². The van der Waals surface area contributed by atoms with Crippen LogP contribution < -0.4 is 4.74 Å². The molecule has 1 aromatic heterocycles. The first-order chi connectivity index (χ1) is 9.74. The van der Waals surface area contributed by atoms with E-state index < -0.39 is 0 Å². The number of carbonyl (C=O) groups is 1. The average molecular weight is 268 g/mol. The van der Waals surface area contributed by atoms with Crippen LogP contribution >= 0.6 is 0 Å². The van der Waals surface area contributed by atoms with Crippen molar-refractivity contribution in [3.63, 3.8) is 0 Å². The van der Waals surface area contributed by atoms with Gasteiger partial charge in [0.15, 0.2) is 5.78 Å². The number of nitrogens with zero attached hydrogens (tertiary/aromatic N) is 2. The summed E-state index contributed by atoms with van der Waals surface area (Å²) in [4.78, 5) is 20.6. The second kappa shape index (κ2) is 5.41. The van der Waals surface area contributed by atoms with E-state index in [1.165, 1.54) is 0 Å². The van der Waals surface area contributed by atoms with E-state index in [9.17, 15) is 4.79 Å². The van der Waals surface area contributed by atoms with Gasteiger partial charge >= 0.3 is 0 Å². The molecule has 0 N–H and O–H groups in total. The fraction of sp³-hybridized carbons (Fsp3) is 0.312. The molecular weight excluding hydrogens is 252 g/mol. The molecule has 0 fully saturated rings. The molecule has 1 aromatic carbocycles. The van der Waals surface area contributed by atoms with Crippen molar-refractivity contribution in [3.05, 3.63) is 53.6 Å². The summed E-state index contributed by atoms with van der Waals surface area (Å²) in [5, 5.41) is 0. The number of hydrogen-bond acceptors (Lipinski definition) is 4. The van der Waals surface area contributed by atoms with Crippen LogP contribution in [0.25, 0.3) is 0 Å². The van der Waals surface area contributed by atoms with Gasteiger partial charge in [-0.3, -0.25) is 9.78 Å². The summed E-state index contributed by atoms with van der Waals surface area (Å²) >= 11 is 0. The number of fused-ring (bicyclic) bond motifs is 1. The minimum absolute atomic E-state index is 0.0409. The Morgan fingerprint density at radius 1 is 1.30 bits per heavy atom. The quantitative estimate of drug-likeness (QED) is 0.803. The zero-order valence-electron chi connectivity index (χ0n) is 11.4. The number of hydrogen-bond donors (Lipinski definition) is 0. The van der Waals surface area contributed by atoms with Gasteiger partial charge < -0.3 is 4.74 Å². The molecule has 0 spiro atoms. The van der Waals surface area contributed by atoms with Gasteiger partial charge in [-0.05, 0) is 30.9 Å². The second-order valence-corrected chi connectivity index (χ2v) is 5.04. The topological polar surface area (TPSA) is 52.1 Å². The molecule has 1 aliphatic heterocycles. The summed E-state index contributed by atoms with van der Waals surface area (Å²) in [5.41, 5.74) is 2.38. The highest BCUT2D eigenvalue weighted by atomic mass is 16.5. The van der Waals surface area contributed by atoms with Crippen LogP contribution in [0.4, 0.5) is 0 Å². The minimum atomic E-state index is 0.0409. The summed E-state index contributed by atoms with van der Waals surface area (Å²) < 4.78 is 5.62. The lowest BCUT2D eigenvalue weighted by Crippen LogP contribution is -2.17. The van der Waals surface area contributed by atoms with Crippen LogP contribution in [0.15, 0.2) is 36.7 Å². The number of carbonyl (C=O) groups excluding carboxylic acids is 1. The minimum Gasteiger partial charge on any atom is -0.493 e. The summed E-state index contributed by atoms with van der Waals surface area (Å²) in [7, 11) is 0.